The minimum Gasteiger partial charge on any atom is -0.466 e. The molecule has 0 saturated heterocycles. The number of ether oxygens (including phenoxy) is 1. The highest BCUT2D eigenvalue weighted by Gasteiger charge is 2.45. The van der Waals surface area contributed by atoms with Crippen molar-refractivity contribution in [3.05, 3.63) is 34.6 Å². The van der Waals surface area contributed by atoms with Crippen LogP contribution < -0.4 is 0 Å². The second-order valence-electron chi connectivity index (χ2n) is 3.87. The van der Waals surface area contributed by atoms with Crippen LogP contribution in [0, 0.1) is 11.7 Å². The summed E-state index contributed by atoms with van der Waals surface area (Å²) in [5, 5.41) is 0.104. The highest BCUT2D eigenvalue weighted by atomic mass is 35.5. The summed E-state index contributed by atoms with van der Waals surface area (Å²) >= 11 is 5.68. The van der Waals surface area contributed by atoms with Crippen LogP contribution >= 0.6 is 11.6 Å². The molecule has 0 unspecified atom stereocenters. The van der Waals surface area contributed by atoms with Gasteiger partial charge in [0.25, 0.3) is 0 Å². The molecule has 0 radical (unpaired) electrons. The van der Waals surface area contributed by atoms with Crippen molar-refractivity contribution in [2.75, 3.05) is 6.61 Å². The van der Waals surface area contributed by atoms with Crippen LogP contribution in [0.1, 0.15) is 24.8 Å². The number of hydrogen-bond donors (Lipinski definition) is 0. The lowest BCUT2D eigenvalue weighted by molar-refractivity contribution is -0.144. The molecule has 86 valence electrons. The first kappa shape index (κ1) is 11.4. The Morgan fingerprint density at radius 2 is 2.38 bits per heavy atom. The van der Waals surface area contributed by atoms with E-state index in [1.54, 1.807) is 19.1 Å². The molecule has 2 rings (SSSR count). The van der Waals surface area contributed by atoms with Gasteiger partial charge in [0.15, 0.2) is 0 Å². The lowest BCUT2D eigenvalue weighted by atomic mass is 10.1. The summed E-state index contributed by atoms with van der Waals surface area (Å²) in [7, 11) is 0. The van der Waals surface area contributed by atoms with E-state index in [0.717, 1.165) is 12.0 Å². The second kappa shape index (κ2) is 4.42. The number of carbonyl (C=O) groups is 1. The first-order valence-corrected chi connectivity index (χ1v) is 5.63. The van der Waals surface area contributed by atoms with E-state index in [-0.39, 0.29) is 22.8 Å². The van der Waals surface area contributed by atoms with Gasteiger partial charge in [0.1, 0.15) is 5.82 Å². The van der Waals surface area contributed by atoms with Crippen LogP contribution in [0.2, 0.25) is 5.02 Å². The van der Waals surface area contributed by atoms with Crippen molar-refractivity contribution in [1.29, 1.82) is 0 Å². The number of carbonyl (C=O) groups excluding carboxylic acids is 1. The van der Waals surface area contributed by atoms with Gasteiger partial charge in [-0.2, -0.15) is 0 Å². The van der Waals surface area contributed by atoms with Gasteiger partial charge in [0.2, 0.25) is 0 Å². The molecule has 0 aliphatic heterocycles. The minimum atomic E-state index is -0.432. The molecule has 1 saturated carbocycles. The predicted octanol–water partition coefficient (Wildman–Crippen LogP) is 3.15. The third-order valence-corrected chi connectivity index (χ3v) is 3.04. The monoisotopic (exact) mass is 242 g/mol. The molecule has 0 bridgehead atoms. The lowest BCUT2D eigenvalue weighted by Crippen LogP contribution is -2.07. The summed E-state index contributed by atoms with van der Waals surface area (Å²) in [5.74, 6) is -0.551. The Balaban J connectivity index is 2.06. The highest BCUT2D eigenvalue weighted by Crippen LogP contribution is 2.48. The predicted molar refractivity (Wildman–Crippen MR) is 58.9 cm³/mol. The van der Waals surface area contributed by atoms with E-state index in [2.05, 4.69) is 0 Å². The van der Waals surface area contributed by atoms with Crippen molar-refractivity contribution >= 4 is 17.6 Å². The van der Waals surface area contributed by atoms with Crippen molar-refractivity contribution in [2.45, 2.75) is 19.3 Å². The maximum Gasteiger partial charge on any atom is 0.309 e. The molecule has 0 heterocycles. The van der Waals surface area contributed by atoms with Crippen LogP contribution in [0.15, 0.2) is 18.2 Å². The van der Waals surface area contributed by atoms with E-state index < -0.39 is 5.82 Å². The molecule has 1 fully saturated rings. The number of halogens is 2. The second-order valence-corrected chi connectivity index (χ2v) is 4.28. The zero-order valence-electron chi connectivity index (χ0n) is 8.87. The van der Waals surface area contributed by atoms with E-state index in [1.807, 2.05) is 0 Å². The van der Waals surface area contributed by atoms with Gasteiger partial charge in [0.05, 0.1) is 17.5 Å². The number of rotatable bonds is 3. The SMILES string of the molecule is CCOC(=O)[C@H]1C[C@@H]1c1ccc(F)c(Cl)c1. The molecular formula is C12H12ClFO2. The summed E-state index contributed by atoms with van der Waals surface area (Å²) in [6.07, 6.45) is 0.765. The molecule has 1 aliphatic rings. The van der Waals surface area contributed by atoms with Crippen LogP contribution in [0.5, 0.6) is 0 Å². The Morgan fingerprint density at radius 1 is 1.62 bits per heavy atom. The van der Waals surface area contributed by atoms with Crippen LogP contribution in [0.4, 0.5) is 4.39 Å². The highest BCUT2D eigenvalue weighted by molar-refractivity contribution is 6.30. The maximum atomic E-state index is 12.9. The molecule has 0 aromatic heterocycles. The molecule has 1 aromatic carbocycles. The molecule has 0 N–H and O–H groups in total. The standard InChI is InChI=1S/C12H12ClFO2/c1-2-16-12(15)9-6-8(9)7-3-4-11(14)10(13)5-7/h3-5,8-9H,2,6H2,1H3/t8-,9+/m1/s1. The van der Waals surface area contributed by atoms with E-state index in [4.69, 9.17) is 16.3 Å². The molecule has 16 heavy (non-hydrogen) atoms. The summed E-state index contributed by atoms with van der Waals surface area (Å²) < 4.78 is 17.9. The Morgan fingerprint density at radius 3 is 3.00 bits per heavy atom. The molecule has 0 amide bonds. The fourth-order valence-electron chi connectivity index (χ4n) is 1.82. The van der Waals surface area contributed by atoms with Crippen molar-refractivity contribution in [1.82, 2.24) is 0 Å². The number of esters is 1. The van der Waals surface area contributed by atoms with Gasteiger partial charge < -0.3 is 4.74 Å². The smallest absolute Gasteiger partial charge is 0.309 e. The maximum absolute atomic E-state index is 12.9. The zero-order valence-corrected chi connectivity index (χ0v) is 9.63. The third kappa shape index (κ3) is 2.19. The molecule has 2 nitrogen and oxygen atoms in total. The Bertz CT molecular complexity index is 419. The number of benzene rings is 1. The quantitative estimate of drug-likeness (QED) is 0.761. The normalized spacial score (nSPS) is 22.9. The van der Waals surface area contributed by atoms with Crippen molar-refractivity contribution in [2.24, 2.45) is 5.92 Å². The first-order valence-electron chi connectivity index (χ1n) is 5.25. The molecule has 0 spiro atoms. The minimum absolute atomic E-state index is 0.0820. The molecule has 1 aliphatic carbocycles. The number of hydrogen-bond acceptors (Lipinski definition) is 2. The average molecular weight is 243 g/mol. The van der Waals surface area contributed by atoms with Crippen LogP contribution in [0.3, 0.4) is 0 Å². The lowest BCUT2D eigenvalue weighted by Gasteiger charge is -2.02. The summed E-state index contributed by atoms with van der Waals surface area (Å²) in [5.41, 5.74) is 0.907. The van der Waals surface area contributed by atoms with E-state index in [9.17, 15) is 9.18 Å². The van der Waals surface area contributed by atoms with Crippen LogP contribution in [-0.2, 0) is 9.53 Å². The van der Waals surface area contributed by atoms with Crippen molar-refractivity contribution < 1.29 is 13.9 Å². The van der Waals surface area contributed by atoms with E-state index in [1.165, 1.54) is 6.07 Å². The molecule has 4 heteroatoms. The van der Waals surface area contributed by atoms with Crippen molar-refractivity contribution in [3.63, 3.8) is 0 Å². The topological polar surface area (TPSA) is 26.3 Å². The third-order valence-electron chi connectivity index (χ3n) is 2.75. The Labute approximate surface area is 98.4 Å². The Hall–Kier alpha value is -1.09. The van der Waals surface area contributed by atoms with Crippen molar-refractivity contribution in [3.8, 4) is 0 Å². The molecule has 2 atom stereocenters. The first-order chi connectivity index (χ1) is 7.63. The molecule has 1 aromatic rings. The van der Waals surface area contributed by atoms with Crippen LogP contribution in [0.25, 0.3) is 0 Å². The van der Waals surface area contributed by atoms with Gasteiger partial charge in [0, 0.05) is 0 Å². The average Bonchev–Trinajstić information content (AvgIpc) is 3.02. The van der Waals surface area contributed by atoms with Gasteiger partial charge in [-0.05, 0) is 37.0 Å². The van der Waals surface area contributed by atoms with Gasteiger partial charge in [-0.1, -0.05) is 17.7 Å². The zero-order chi connectivity index (χ0) is 11.7. The fourth-order valence-corrected chi connectivity index (χ4v) is 2.01. The van der Waals surface area contributed by atoms with Gasteiger partial charge in [-0.3, -0.25) is 4.79 Å². The van der Waals surface area contributed by atoms with Crippen LogP contribution in [-0.4, -0.2) is 12.6 Å². The summed E-state index contributed by atoms with van der Waals surface area (Å²) in [4.78, 5) is 11.4. The largest absolute Gasteiger partial charge is 0.466 e. The summed E-state index contributed by atoms with van der Waals surface area (Å²) in [6.45, 7) is 2.18. The summed E-state index contributed by atoms with van der Waals surface area (Å²) in [6, 6.07) is 4.59. The fraction of sp³-hybridized carbons (Fsp3) is 0.417. The van der Waals surface area contributed by atoms with Gasteiger partial charge in [-0.25, -0.2) is 4.39 Å². The van der Waals surface area contributed by atoms with Gasteiger partial charge in [-0.15, -0.1) is 0 Å². The van der Waals surface area contributed by atoms with Gasteiger partial charge >= 0.3 is 5.97 Å². The Kier molecular flexibility index (Phi) is 3.15. The van der Waals surface area contributed by atoms with E-state index in [0.29, 0.717) is 6.61 Å². The molecular weight excluding hydrogens is 231 g/mol. The van der Waals surface area contributed by atoms with E-state index >= 15 is 0 Å².